The molecule has 0 radical (unpaired) electrons. The molecule has 1 aromatic heterocycles. The Labute approximate surface area is 113 Å². The second-order valence-electron chi connectivity index (χ2n) is 5.45. The molecule has 3 rings (SSSR count). The van der Waals surface area contributed by atoms with Gasteiger partial charge in [0.25, 0.3) is 0 Å². The zero-order valence-corrected chi connectivity index (χ0v) is 11.9. The monoisotopic (exact) mass is 266 g/mol. The molecule has 1 unspecified atom stereocenters. The normalized spacial score (nSPS) is 23.5. The first kappa shape index (κ1) is 12.4. The van der Waals surface area contributed by atoms with Gasteiger partial charge in [0.1, 0.15) is 5.82 Å². The predicted octanol–water partition coefficient (Wildman–Crippen LogP) is 2.38. The second-order valence-corrected chi connectivity index (χ2v) is 6.18. The lowest BCUT2D eigenvalue weighted by Crippen LogP contribution is -2.38. The van der Waals surface area contributed by atoms with Crippen LogP contribution in [0.3, 0.4) is 0 Å². The molecule has 2 aliphatic rings. The van der Waals surface area contributed by atoms with E-state index in [4.69, 9.17) is 4.98 Å². The molecule has 2 fully saturated rings. The summed E-state index contributed by atoms with van der Waals surface area (Å²) < 4.78 is 4.52. The van der Waals surface area contributed by atoms with Crippen LogP contribution in [-0.4, -0.2) is 35.0 Å². The van der Waals surface area contributed by atoms with Crippen molar-refractivity contribution in [2.75, 3.05) is 24.5 Å². The summed E-state index contributed by atoms with van der Waals surface area (Å²) >= 11 is 1.59. The quantitative estimate of drug-likeness (QED) is 0.858. The van der Waals surface area contributed by atoms with Gasteiger partial charge in [-0.15, -0.1) is 0 Å². The zero-order valence-electron chi connectivity index (χ0n) is 11.1. The molecule has 1 N–H and O–H groups in total. The lowest BCUT2D eigenvalue weighted by molar-refractivity contribution is 0.577. The number of hydrogen-bond acceptors (Lipinski definition) is 5. The maximum Gasteiger partial charge on any atom is 0.205 e. The number of nitrogens with zero attached hydrogens (tertiary/aromatic N) is 3. The maximum atomic E-state index is 4.74. The molecule has 1 saturated carbocycles. The summed E-state index contributed by atoms with van der Waals surface area (Å²) in [7, 11) is 0. The van der Waals surface area contributed by atoms with Crippen molar-refractivity contribution in [3.63, 3.8) is 0 Å². The summed E-state index contributed by atoms with van der Waals surface area (Å²) in [6, 6.07) is 0.643. The Kier molecular flexibility index (Phi) is 3.80. The molecule has 1 aliphatic carbocycles. The number of nitrogens with one attached hydrogen (secondary N) is 1. The smallest absolute Gasteiger partial charge is 0.205 e. The molecule has 0 spiro atoms. The summed E-state index contributed by atoms with van der Waals surface area (Å²) in [5, 5.41) is 4.70. The van der Waals surface area contributed by atoms with E-state index in [1.807, 2.05) is 0 Å². The Balaban J connectivity index is 1.66. The Morgan fingerprint density at radius 2 is 2.28 bits per heavy atom. The van der Waals surface area contributed by atoms with Gasteiger partial charge in [0, 0.05) is 36.6 Å². The fourth-order valence-corrected chi connectivity index (χ4v) is 3.36. The van der Waals surface area contributed by atoms with Gasteiger partial charge in [-0.3, -0.25) is 0 Å². The molecule has 1 aliphatic heterocycles. The highest BCUT2D eigenvalue weighted by Crippen LogP contribution is 2.39. The van der Waals surface area contributed by atoms with E-state index in [0.29, 0.717) is 12.0 Å². The third-order valence-electron chi connectivity index (χ3n) is 3.74. The van der Waals surface area contributed by atoms with Crippen LogP contribution in [0.2, 0.25) is 0 Å². The van der Waals surface area contributed by atoms with Crippen LogP contribution in [0.15, 0.2) is 0 Å². The van der Waals surface area contributed by atoms with Crippen LogP contribution in [-0.2, 0) is 0 Å². The van der Waals surface area contributed by atoms with Gasteiger partial charge in [-0.05, 0) is 38.6 Å². The first-order valence-corrected chi connectivity index (χ1v) is 7.96. The van der Waals surface area contributed by atoms with E-state index >= 15 is 0 Å². The lowest BCUT2D eigenvalue weighted by atomic mass is 10.2. The van der Waals surface area contributed by atoms with E-state index < -0.39 is 0 Å². The number of rotatable bonds is 6. The molecular formula is C13H22N4S. The molecule has 0 bridgehead atoms. The minimum Gasteiger partial charge on any atom is -0.345 e. The van der Waals surface area contributed by atoms with Crippen molar-refractivity contribution in [3.8, 4) is 0 Å². The summed E-state index contributed by atoms with van der Waals surface area (Å²) in [5.41, 5.74) is 0. The molecule has 5 heteroatoms. The van der Waals surface area contributed by atoms with Gasteiger partial charge in [-0.1, -0.05) is 6.92 Å². The van der Waals surface area contributed by atoms with E-state index in [1.54, 1.807) is 11.5 Å². The standard InChI is InChI=1S/C13H22N4S/c1-2-8-17(9-11-4-3-7-14-11)13-15-12(16-18-13)10-5-6-10/h10-11,14H,2-9H2,1H3. The number of anilines is 1. The molecule has 1 saturated heterocycles. The van der Waals surface area contributed by atoms with E-state index in [1.165, 1.54) is 38.6 Å². The molecule has 2 heterocycles. The lowest BCUT2D eigenvalue weighted by Gasteiger charge is -2.24. The molecule has 0 aromatic carbocycles. The van der Waals surface area contributed by atoms with Crippen LogP contribution < -0.4 is 10.2 Å². The predicted molar refractivity (Wildman–Crippen MR) is 75.4 cm³/mol. The van der Waals surface area contributed by atoms with Crippen LogP contribution in [0.1, 0.15) is 50.8 Å². The average Bonchev–Trinajstić information content (AvgIpc) is 2.92. The van der Waals surface area contributed by atoms with Crippen LogP contribution in [0, 0.1) is 0 Å². The third kappa shape index (κ3) is 2.83. The first-order valence-electron chi connectivity index (χ1n) is 7.18. The number of hydrogen-bond donors (Lipinski definition) is 1. The summed E-state index contributed by atoms with van der Waals surface area (Å²) in [4.78, 5) is 7.16. The molecule has 100 valence electrons. The Morgan fingerprint density at radius 3 is 2.94 bits per heavy atom. The summed E-state index contributed by atoms with van der Waals surface area (Å²) in [6.07, 6.45) is 6.36. The minimum atomic E-state index is 0.643. The topological polar surface area (TPSA) is 41.0 Å². The fourth-order valence-electron chi connectivity index (χ4n) is 2.58. The molecular weight excluding hydrogens is 244 g/mol. The van der Waals surface area contributed by atoms with Crippen molar-refractivity contribution in [3.05, 3.63) is 5.82 Å². The van der Waals surface area contributed by atoms with Crippen molar-refractivity contribution >= 4 is 16.7 Å². The van der Waals surface area contributed by atoms with E-state index in [2.05, 4.69) is 21.5 Å². The van der Waals surface area contributed by atoms with Crippen molar-refractivity contribution in [2.24, 2.45) is 0 Å². The van der Waals surface area contributed by atoms with Gasteiger partial charge >= 0.3 is 0 Å². The van der Waals surface area contributed by atoms with Gasteiger partial charge in [-0.2, -0.15) is 4.37 Å². The molecule has 4 nitrogen and oxygen atoms in total. The molecule has 1 aromatic rings. The van der Waals surface area contributed by atoms with Crippen LogP contribution in [0.25, 0.3) is 0 Å². The van der Waals surface area contributed by atoms with Crippen molar-refractivity contribution < 1.29 is 0 Å². The van der Waals surface area contributed by atoms with Gasteiger partial charge in [0.2, 0.25) is 5.13 Å². The van der Waals surface area contributed by atoms with E-state index in [0.717, 1.165) is 24.0 Å². The maximum absolute atomic E-state index is 4.74. The average molecular weight is 266 g/mol. The van der Waals surface area contributed by atoms with E-state index in [9.17, 15) is 0 Å². The van der Waals surface area contributed by atoms with Crippen LogP contribution in [0.4, 0.5) is 5.13 Å². The van der Waals surface area contributed by atoms with Gasteiger partial charge in [0.05, 0.1) is 0 Å². The fraction of sp³-hybridized carbons (Fsp3) is 0.846. The molecule has 0 amide bonds. The number of aromatic nitrogens is 2. The highest BCUT2D eigenvalue weighted by atomic mass is 32.1. The second kappa shape index (κ2) is 5.53. The molecule has 1 atom stereocenters. The van der Waals surface area contributed by atoms with Crippen molar-refractivity contribution in [1.29, 1.82) is 0 Å². The Hall–Kier alpha value is -0.680. The Morgan fingerprint density at radius 1 is 1.39 bits per heavy atom. The van der Waals surface area contributed by atoms with Crippen LogP contribution >= 0.6 is 11.5 Å². The van der Waals surface area contributed by atoms with Crippen LogP contribution in [0.5, 0.6) is 0 Å². The zero-order chi connectivity index (χ0) is 12.4. The van der Waals surface area contributed by atoms with Crippen molar-refractivity contribution in [1.82, 2.24) is 14.7 Å². The highest BCUT2D eigenvalue weighted by Gasteiger charge is 2.29. The summed E-state index contributed by atoms with van der Waals surface area (Å²) in [5.74, 6) is 1.76. The molecule has 18 heavy (non-hydrogen) atoms. The Bertz CT molecular complexity index is 382. The minimum absolute atomic E-state index is 0.643. The van der Waals surface area contributed by atoms with E-state index in [-0.39, 0.29) is 0 Å². The van der Waals surface area contributed by atoms with Gasteiger partial charge in [-0.25, -0.2) is 4.98 Å². The summed E-state index contributed by atoms with van der Waals surface area (Å²) in [6.45, 7) is 5.59. The first-order chi connectivity index (χ1) is 8.86. The van der Waals surface area contributed by atoms with Gasteiger partial charge < -0.3 is 10.2 Å². The SMILES string of the molecule is CCCN(CC1CCCN1)c1nc(C2CC2)ns1. The third-order valence-corrected chi connectivity index (χ3v) is 4.53. The largest absolute Gasteiger partial charge is 0.345 e. The van der Waals surface area contributed by atoms with Gasteiger partial charge in [0.15, 0.2) is 0 Å². The highest BCUT2D eigenvalue weighted by molar-refractivity contribution is 7.09. The van der Waals surface area contributed by atoms with Crippen molar-refractivity contribution in [2.45, 2.75) is 51.0 Å².